The Morgan fingerprint density at radius 1 is 1.21 bits per heavy atom. The van der Waals surface area contributed by atoms with Crippen LogP contribution >= 0.6 is 0 Å². The first-order valence-corrected chi connectivity index (χ1v) is 7.43. The van der Waals surface area contributed by atoms with Gasteiger partial charge in [-0.1, -0.05) is 17.3 Å². The average molecular weight is 323 g/mol. The Balaban J connectivity index is 1.65. The second-order valence-electron chi connectivity index (χ2n) is 5.20. The second kappa shape index (κ2) is 6.91. The number of nitrogens with one attached hydrogen (secondary N) is 1. The monoisotopic (exact) mass is 323 g/mol. The van der Waals surface area contributed by atoms with E-state index in [2.05, 4.69) is 20.8 Å². The van der Waals surface area contributed by atoms with E-state index in [4.69, 9.17) is 4.74 Å². The van der Waals surface area contributed by atoms with Gasteiger partial charge < -0.3 is 4.74 Å². The van der Waals surface area contributed by atoms with Gasteiger partial charge in [0.15, 0.2) is 0 Å². The molecule has 0 aliphatic carbocycles. The topological polar surface area (TPSA) is 81.4 Å². The number of benzene rings is 2. The number of carbonyl (C=O) groups excluding carboxylic acids is 1. The molecule has 3 aromatic rings. The van der Waals surface area contributed by atoms with Crippen LogP contribution in [0, 0.1) is 0 Å². The summed E-state index contributed by atoms with van der Waals surface area (Å²) in [5.41, 5.74) is 5.71. The third kappa shape index (κ3) is 3.40. The molecule has 0 unspecified atom stereocenters. The van der Waals surface area contributed by atoms with E-state index in [1.807, 2.05) is 55.5 Å². The summed E-state index contributed by atoms with van der Waals surface area (Å²) in [6.45, 7) is 1.88. The molecule has 0 aliphatic heterocycles. The van der Waals surface area contributed by atoms with E-state index in [-0.39, 0.29) is 12.5 Å². The Bertz CT molecular complexity index is 883. The lowest BCUT2D eigenvalue weighted by atomic mass is 10.1. The lowest BCUT2D eigenvalue weighted by Crippen LogP contribution is -2.24. The number of amides is 1. The number of nitrogens with zero attached hydrogens (tertiary/aromatic N) is 4. The lowest BCUT2D eigenvalue weighted by Gasteiger charge is -2.05. The van der Waals surface area contributed by atoms with Gasteiger partial charge in [-0.3, -0.25) is 4.79 Å². The van der Waals surface area contributed by atoms with Crippen molar-refractivity contribution < 1.29 is 9.53 Å². The van der Waals surface area contributed by atoms with Gasteiger partial charge in [-0.05, 0) is 48.9 Å². The van der Waals surface area contributed by atoms with Crippen LogP contribution in [0.25, 0.3) is 11.0 Å². The van der Waals surface area contributed by atoms with Crippen molar-refractivity contribution in [2.45, 2.75) is 13.5 Å². The van der Waals surface area contributed by atoms with Gasteiger partial charge in [-0.2, -0.15) is 5.10 Å². The van der Waals surface area contributed by atoms with Crippen LogP contribution in [0.2, 0.25) is 0 Å². The molecule has 1 heterocycles. The number of aromatic nitrogens is 3. The Labute approximate surface area is 138 Å². The zero-order valence-electron chi connectivity index (χ0n) is 13.4. The number of hydrogen-bond acceptors (Lipinski definition) is 5. The number of ether oxygens (including phenoxy) is 1. The maximum Gasteiger partial charge on any atom is 0.261 e. The predicted octanol–water partition coefficient (Wildman–Crippen LogP) is 1.98. The number of rotatable bonds is 5. The van der Waals surface area contributed by atoms with Crippen molar-refractivity contribution in [1.29, 1.82) is 0 Å². The molecule has 0 saturated heterocycles. The number of hydrogen-bond donors (Lipinski definition) is 1. The van der Waals surface area contributed by atoms with Crippen LogP contribution in [-0.2, 0) is 11.3 Å². The van der Waals surface area contributed by atoms with E-state index in [9.17, 15) is 4.79 Å². The first-order valence-electron chi connectivity index (χ1n) is 7.43. The average Bonchev–Trinajstić information content (AvgIpc) is 3.03. The minimum absolute atomic E-state index is 0.0555. The second-order valence-corrected chi connectivity index (χ2v) is 5.20. The van der Waals surface area contributed by atoms with Gasteiger partial charge in [-0.15, -0.1) is 5.10 Å². The summed E-state index contributed by atoms with van der Waals surface area (Å²) in [4.78, 5) is 12.1. The Morgan fingerprint density at radius 2 is 1.96 bits per heavy atom. The third-order valence-electron chi connectivity index (χ3n) is 3.57. The summed E-state index contributed by atoms with van der Waals surface area (Å²) in [5.74, 6) is 0.507. The van der Waals surface area contributed by atoms with Crippen LogP contribution in [0.15, 0.2) is 53.6 Å². The number of carbonyl (C=O) groups is 1. The molecule has 7 heteroatoms. The number of hydrazone groups is 1. The molecule has 122 valence electrons. The first kappa shape index (κ1) is 15.7. The van der Waals surface area contributed by atoms with E-state index in [0.29, 0.717) is 5.71 Å². The molecule has 0 radical (unpaired) electrons. The summed E-state index contributed by atoms with van der Waals surface area (Å²) in [5, 5.41) is 12.1. The van der Waals surface area contributed by atoms with Gasteiger partial charge in [0.25, 0.3) is 5.91 Å². The number of para-hydroxylation sites is 1. The maximum atomic E-state index is 12.1. The van der Waals surface area contributed by atoms with Gasteiger partial charge in [0, 0.05) is 0 Å². The summed E-state index contributed by atoms with van der Waals surface area (Å²) >= 11 is 0. The lowest BCUT2D eigenvalue weighted by molar-refractivity contribution is -0.121. The summed E-state index contributed by atoms with van der Waals surface area (Å²) in [6.07, 6.45) is 0. The van der Waals surface area contributed by atoms with Crippen molar-refractivity contribution >= 4 is 22.7 Å². The van der Waals surface area contributed by atoms with E-state index < -0.39 is 0 Å². The molecular weight excluding hydrogens is 306 g/mol. The summed E-state index contributed by atoms with van der Waals surface area (Å²) < 4.78 is 6.66. The van der Waals surface area contributed by atoms with Gasteiger partial charge >= 0.3 is 0 Å². The molecule has 0 spiro atoms. The van der Waals surface area contributed by atoms with Crippen LogP contribution in [-0.4, -0.2) is 33.7 Å². The van der Waals surface area contributed by atoms with Crippen LogP contribution in [0.3, 0.4) is 0 Å². The zero-order valence-corrected chi connectivity index (χ0v) is 13.4. The molecule has 2 aromatic carbocycles. The van der Waals surface area contributed by atoms with Gasteiger partial charge in [-0.25, -0.2) is 10.1 Å². The third-order valence-corrected chi connectivity index (χ3v) is 3.57. The fraction of sp³-hybridized carbons (Fsp3) is 0.176. The van der Waals surface area contributed by atoms with Gasteiger partial charge in [0.2, 0.25) is 0 Å². The normalized spacial score (nSPS) is 11.5. The van der Waals surface area contributed by atoms with Gasteiger partial charge in [0.05, 0.1) is 18.3 Å². The smallest absolute Gasteiger partial charge is 0.261 e. The molecule has 24 heavy (non-hydrogen) atoms. The quantitative estimate of drug-likeness (QED) is 0.575. The fourth-order valence-electron chi connectivity index (χ4n) is 2.25. The van der Waals surface area contributed by atoms with Crippen LogP contribution in [0.5, 0.6) is 5.75 Å². The van der Waals surface area contributed by atoms with E-state index in [0.717, 1.165) is 22.3 Å². The molecule has 0 saturated carbocycles. The number of fused-ring (bicyclic) bond motifs is 1. The Hall–Kier alpha value is -3.22. The molecule has 0 aliphatic rings. The van der Waals surface area contributed by atoms with Crippen molar-refractivity contribution in [3.8, 4) is 5.75 Å². The molecule has 1 N–H and O–H groups in total. The highest BCUT2D eigenvalue weighted by Crippen LogP contribution is 2.12. The Kier molecular flexibility index (Phi) is 4.51. The van der Waals surface area contributed by atoms with Crippen LogP contribution < -0.4 is 10.2 Å². The fourth-order valence-corrected chi connectivity index (χ4v) is 2.25. The zero-order chi connectivity index (χ0) is 16.9. The highest BCUT2D eigenvalue weighted by molar-refractivity contribution is 5.99. The largest absolute Gasteiger partial charge is 0.497 e. The van der Waals surface area contributed by atoms with Crippen molar-refractivity contribution in [1.82, 2.24) is 20.4 Å². The number of methoxy groups -OCH3 is 1. The van der Waals surface area contributed by atoms with Gasteiger partial charge in [0.1, 0.15) is 17.8 Å². The minimum atomic E-state index is -0.265. The van der Waals surface area contributed by atoms with Crippen molar-refractivity contribution in [3.63, 3.8) is 0 Å². The minimum Gasteiger partial charge on any atom is -0.497 e. The highest BCUT2D eigenvalue weighted by atomic mass is 16.5. The van der Waals surface area contributed by atoms with E-state index >= 15 is 0 Å². The first-order chi connectivity index (χ1) is 11.7. The molecule has 3 rings (SSSR count). The summed E-state index contributed by atoms with van der Waals surface area (Å²) in [6, 6.07) is 14.9. The standard InChI is InChI=1S/C17H17N5O2/c1-12(13-7-9-14(24-2)10-8-13)18-20-17(23)11-22-16-6-4-3-5-15(16)19-21-22/h3-10H,11H2,1-2H3,(H,20,23)/b18-12-. The van der Waals surface area contributed by atoms with Crippen LogP contribution in [0.1, 0.15) is 12.5 Å². The molecule has 0 fully saturated rings. The highest BCUT2D eigenvalue weighted by Gasteiger charge is 2.08. The summed E-state index contributed by atoms with van der Waals surface area (Å²) in [7, 11) is 1.62. The molecule has 7 nitrogen and oxygen atoms in total. The van der Waals surface area contributed by atoms with Crippen LogP contribution in [0.4, 0.5) is 0 Å². The van der Waals surface area contributed by atoms with E-state index in [1.165, 1.54) is 0 Å². The molecule has 1 amide bonds. The SMILES string of the molecule is COc1ccc(/C(C)=N\NC(=O)Cn2nnc3ccccc32)cc1. The molecular formula is C17H17N5O2. The Morgan fingerprint density at radius 3 is 2.71 bits per heavy atom. The molecule has 0 atom stereocenters. The molecule has 1 aromatic heterocycles. The van der Waals surface area contributed by atoms with Crippen molar-refractivity contribution in [2.24, 2.45) is 5.10 Å². The van der Waals surface area contributed by atoms with Crippen molar-refractivity contribution in [3.05, 3.63) is 54.1 Å². The maximum absolute atomic E-state index is 12.1. The molecule has 0 bridgehead atoms. The van der Waals surface area contributed by atoms with E-state index in [1.54, 1.807) is 11.8 Å². The van der Waals surface area contributed by atoms with Crippen molar-refractivity contribution in [2.75, 3.05) is 7.11 Å². The predicted molar refractivity (Wildman–Crippen MR) is 90.9 cm³/mol.